The molecule has 302 valence electrons. The van der Waals surface area contributed by atoms with Crippen LogP contribution in [0.1, 0.15) is 17.7 Å². The minimum atomic E-state index is 1.07. The van der Waals surface area contributed by atoms with Gasteiger partial charge in [-0.2, -0.15) is 0 Å². The second kappa shape index (κ2) is 15.9. The number of aromatic nitrogens is 1. The lowest BCUT2D eigenvalue weighted by Crippen LogP contribution is -2.10. The summed E-state index contributed by atoms with van der Waals surface area (Å²) in [6.45, 7) is 0. The number of hydrogen-bond acceptors (Lipinski definition) is 1. The highest BCUT2D eigenvalue weighted by atomic mass is 15.1. The number of allylic oxidation sites excluding steroid dienone is 1. The molecule has 0 aliphatic heterocycles. The number of hydrogen-bond donors (Lipinski definition) is 0. The number of para-hydroxylation sites is 2. The molecule has 0 unspecified atom stereocenters. The smallest absolute Gasteiger partial charge is 0.0540 e. The third kappa shape index (κ3) is 6.60. The molecule has 0 fully saturated rings. The number of anilines is 3. The van der Waals surface area contributed by atoms with Crippen molar-refractivity contribution >= 4 is 55.6 Å². The molecule has 0 radical (unpaired) electrons. The monoisotopic (exact) mass is 816 g/mol. The van der Waals surface area contributed by atoms with Crippen molar-refractivity contribution in [1.29, 1.82) is 0 Å². The first-order valence-electron chi connectivity index (χ1n) is 22.3. The van der Waals surface area contributed by atoms with Crippen LogP contribution in [-0.4, -0.2) is 4.57 Å². The van der Waals surface area contributed by atoms with Gasteiger partial charge in [-0.1, -0.05) is 194 Å². The maximum absolute atomic E-state index is 2.46. The molecule has 64 heavy (non-hydrogen) atoms. The van der Waals surface area contributed by atoms with Crippen LogP contribution in [0.15, 0.2) is 237 Å². The number of fused-ring (bicyclic) bond motifs is 5. The Morgan fingerprint density at radius 1 is 0.359 bits per heavy atom. The molecule has 0 atom stereocenters. The topological polar surface area (TPSA) is 8.17 Å². The molecule has 2 heteroatoms. The Hall–Kier alpha value is -8.20. The van der Waals surface area contributed by atoms with E-state index in [9.17, 15) is 0 Å². The van der Waals surface area contributed by atoms with Gasteiger partial charge in [0.25, 0.3) is 0 Å². The van der Waals surface area contributed by atoms with E-state index < -0.39 is 0 Å². The van der Waals surface area contributed by atoms with E-state index in [0.29, 0.717) is 0 Å². The largest absolute Gasteiger partial charge is 0.310 e. The maximum Gasteiger partial charge on any atom is 0.0540 e. The summed E-state index contributed by atoms with van der Waals surface area (Å²) in [6.07, 6.45) is 6.78. The molecule has 10 aromatic carbocycles. The molecule has 0 amide bonds. The minimum absolute atomic E-state index is 1.07. The van der Waals surface area contributed by atoms with Gasteiger partial charge in [0.15, 0.2) is 0 Å². The molecule has 1 aromatic heterocycles. The van der Waals surface area contributed by atoms with Gasteiger partial charge >= 0.3 is 0 Å². The molecule has 0 N–H and O–H groups in total. The van der Waals surface area contributed by atoms with Crippen molar-refractivity contribution in [3.63, 3.8) is 0 Å². The molecule has 0 bridgehead atoms. The minimum Gasteiger partial charge on any atom is -0.310 e. The van der Waals surface area contributed by atoms with Crippen molar-refractivity contribution in [3.8, 4) is 50.2 Å². The summed E-state index contributed by atoms with van der Waals surface area (Å²) in [5, 5.41) is 6.31. The number of rotatable bonds is 8. The van der Waals surface area contributed by atoms with Crippen LogP contribution in [0.3, 0.4) is 0 Å². The van der Waals surface area contributed by atoms with Crippen molar-refractivity contribution in [2.45, 2.75) is 12.8 Å². The summed E-state index contributed by atoms with van der Waals surface area (Å²) in [4.78, 5) is 2.39. The average Bonchev–Trinajstić information content (AvgIpc) is 3.71. The average molecular weight is 817 g/mol. The Balaban J connectivity index is 0.860. The lowest BCUT2D eigenvalue weighted by atomic mass is 9.96. The lowest BCUT2D eigenvalue weighted by molar-refractivity contribution is 0.968. The van der Waals surface area contributed by atoms with E-state index in [0.717, 1.165) is 29.9 Å². The van der Waals surface area contributed by atoms with Crippen LogP contribution < -0.4 is 4.90 Å². The molecule has 1 heterocycles. The van der Waals surface area contributed by atoms with Crippen molar-refractivity contribution < 1.29 is 0 Å². The van der Waals surface area contributed by atoms with E-state index in [-0.39, 0.29) is 0 Å². The van der Waals surface area contributed by atoms with E-state index in [1.54, 1.807) is 0 Å². The fourth-order valence-electron chi connectivity index (χ4n) is 9.96. The van der Waals surface area contributed by atoms with Crippen LogP contribution in [0.2, 0.25) is 0 Å². The third-order valence-electron chi connectivity index (χ3n) is 13.1. The second-order valence-electron chi connectivity index (χ2n) is 16.8. The summed E-state index contributed by atoms with van der Waals surface area (Å²) >= 11 is 0. The van der Waals surface area contributed by atoms with Crippen molar-refractivity contribution in [3.05, 3.63) is 248 Å². The fourth-order valence-corrected chi connectivity index (χ4v) is 9.96. The molecular weight excluding hydrogens is 773 g/mol. The van der Waals surface area contributed by atoms with E-state index in [1.165, 1.54) is 93.9 Å². The molecule has 11 aromatic rings. The van der Waals surface area contributed by atoms with Crippen LogP contribution >= 0.6 is 0 Å². The molecular formula is C62H44N2. The predicted molar refractivity (Wildman–Crippen MR) is 272 cm³/mol. The van der Waals surface area contributed by atoms with Crippen LogP contribution in [0, 0.1) is 0 Å². The van der Waals surface area contributed by atoms with Gasteiger partial charge in [-0.05, 0) is 122 Å². The fraction of sp³-hybridized carbons (Fsp3) is 0.0323. The summed E-state index contributed by atoms with van der Waals surface area (Å²) < 4.78 is 2.46. The van der Waals surface area contributed by atoms with Crippen molar-refractivity contribution in [1.82, 2.24) is 4.57 Å². The summed E-state index contributed by atoms with van der Waals surface area (Å²) in [5.41, 5.74) is 18.2. The Kier molecular flexibility index (Phi) is 9.34. The van der Waals surface area contributed by atoms with E-state index in [2.05, 4.69) is 252 Å². The van der Waals surface area contributed by atoms with Crippen LogP contribution in [0.5, 0.6) is 0 Å². The SMILES string of the molecule is C1=Cc2c(c3ccccc3n2-c2ccccc2-c2ccc(-c3ccc(N(c4ccc(-c5ccc(-c6cccc7ccccc67)cc5)cc4)c4cccc5ccccc45)cc3)cc2)CC1. The quantitative estimate of drug-likeness (QED) is 0.148. The highest BCUT2D eigenvalue weighted by molar-refractivity contribution is 6.00. The maximum atomic E-state index is 2.46. The summed E-state index contributed by atoms with van der Waals surface area (Å²) in [6, 6.07) is 84.2. The van der Waals surface area contributed by atoms with Gasteiger partial charge < -0.3 is 9.47 Å². The van der Waals surface area contributed by atoms with Gasteiger partial charge in [0.2, 0.25) is 0 Å². The van der Waals surface area contributed by atoms with E-state index >= 15 is 0 Å². The number of benzene rings is 10. The zero-order valence-electron chi connectivity index (χ0n) is 35.4. The molecule has 1 aliphatic carbocycles. The van der Waals surface area contributed by atoms with Crippen LogP contribution in [-0.2, 0) is 6.42 Å². The Labute approximate surface area is 374 Å². The first-order valence-corrected chi connectivity index (χ1v) is 22.3. The standard InChI is InChI=1S/C62H44N2/c1-3-17-53-47(13-1)15-11-22-54(53)49-31-27-43(28-32-49)45-35-39-51(40-36-45)63(59-26-12-16-48-14-2-4-18-55(48)59)52-41-37-46(38-42-52)44-29-33-50(34-30-44)56-19-5-8-23-60(56)64-61-24-9-6-20-57(61)58-21-7-10-25-62(58)64/h1-6,8-20,22-42H,7,21H2. The highest BCUT2D eigenvalue weighted by Gasteiger charge is 2.21. The first kappa shape index (κ1) is 37.6. The van der Waals surface area contributed by atoms with Crippen molar-refractivity contribution in [2.24, 2.45) is 0 Å². The molecule has 0 spiro atoms. The third-order valence-corrected chi connectivity index (χ3v) is 13.1. The van der Waals surface area contributed by atoms with E-state index in [1.807, 2.05) is 0 Å². The van der Waals surface area contributed by atoms with Crippen LogP contribution in [0.4, 0.5) is 17.1 Å². The van der Waals surface area contributed by atoms with E-state index in [4.69, 9.17) is 0 Å². The first-order chi connectivity index (χ1) is 31.7. The van der Waals surface area contributed by atoms with Gasteiger partial charge in [-0.3, -0.25) is 0 Å². The predicted octanol–water partition coefficient (Wildman–Crippen LogP) is 17.0. The van der Waals surface area contributed by atoms with Gasteiger partial charge in [0.1, 0.15) is 0 Å². The van der Waals surface area contributed by atoms with Gasteiger partial charge in [0, 0.05) is 33.4 Å². The number of nitrogens with zero attached hydrogens (tertiary/aromatic N) is 2. The molecule has 12 rings (SSSR count). The molecule has 1 aliphatic rings. The Morgan fingerprint density at radius 2 is 0.828 bits per heavy atom. The lowest BCUT2D eigenvalue weighted by Gasteiger charge is -2.27. The number of aryl methyl sites for hydroxylation is 1. The van der Waals surface area contributed by atoms with Gasteiger partial charge in [-0.25, -0.2) is 0 Å². The zero-order valence-corrected chi connectivity index (χ0v) is 35.4. The summed E-state index contributed by atoms with van der Waals surface area (Å²) in [7, 11) is 0. The normalized spacial score (nSPS) is 12.2. The zero-order chi connectivity index (χ0) is 42.4. The highest BCUT2D eigenvalue weighted by Crippen LogP contribution is 2.42. The molecule has 0 saturated carbocycles. The van der Waals surface area contributed by atoms with Crippen LogP contribution in [0.25, 0.3) is 88.7 Å². The second-order valence-corrected chi connectivity index (χ2v) is 16.8. The molecule has 0 saturated heterocycles. The Morgan fingerprint density at radius 3 is 1.50 bits per heavy atom. The summed E-state index contributed by atoms with van der Waals surface area (Å²) in [5.74, 6) is 0. The van der Waals surface area contributed by atoms with Gasteiger partial charge in [-0.15, -0.1) is 0 Å². The van der Waals surface area contributed by atoms with Gasteiger partial charge in [0.05, 0.1) is 16.9 Å². The van der Waals surface area contributed by atoms with Crippen molar-refractivity contribution in [2.75, 3.05) is 4.90 Å². The Bertz CT molecular complexity index is 3510. The molecule has 2 nitrogen and oxygen atoms in total.